The van der Waals surface area contributed by atoms with E-state index in [0.717, 1.165) is 64.4 Å². The van der Waals surface area contributed by atoms with E-state index in [1.807, 2.05) is 37.4 Å². The first-order valence-corrected chi connectivity index (χ1v) is 10.3. The number of hydrogen-bond donors (Lipinski definition) is 1. The van der Waals surface area contributed by atoms with Gasteiger partial charge in [0.25, 0.3) is 0 Å². The summed E-state index contributed by atoms with van der Waals surface area (Å²) in [5.74, 6) is 0.732. The Morgan fingerprint density at radius 1 is 1.17 bits per heavy atom. The summed E-state index contributed by atoms with van der Waals surface area (Å²) in [6.45, 7) is 4.05. The highest BCUT2D eigenvalue weighted by molar-refractivity contribution is 5.81. The van der Waals surface area contributed by atoms with Crippen LogP contribution in [0, 0.1) is 13.8 Å². The molecule has 5 rings (SSSR count). The quantitative estimate of drug-likeness (QED) is 0.557. The number of aromatic nitrogens is 5. The molecule has 4 aromatic rings. The van der Waals surface area contributed by atoms with Crippen molar-refractivity contribution in [2.24, 2.45) is 0 Å². The van der Waals surface area contributed by atoms with E-state index in [4.69, 9.17) is 14.7 Å². The predicted octanol–water partition coefficient (Wildman–Crippen LogP) is 4.00. The Morgan fingerprint density at radius 2 is 2.03 bits per heavy atom. The first-order valence-electron chi connectivity index (χ1n) is 10.3. The third-order valence-electron chi connectivity index (χ3n) is 5.98. The number of benzene rings is 1. The van der Waals surface area contributed by atoms with Crippen molar-refractivity contribution in [1.82, 2.24) is 24.3 Å². The van der Waals surface area contributed by atoms with Crippen molar-refractivity contribution in [2.75, 3.05) is 7.11 Å². The Bertz CT molecular complexity index is 1210. The molecule has 0 saturated heterocycles. The van der Waals surface area contributed by atoms with Crippen molar-refractivity contribution >= 4 is 11.2 Å². The number of fused-ring (bicyclic) bond motifs is 1. The minimum Gasteiger partial charge on any atom is -0.496 e. The molecule has 154 valence electrons. The molecule has 1 saturated carbocycles. The molecular weight excluding hydrogens is 378 g/mol. The summed E-state index contributed by atoms with van der Waals surface area (Å²) in [5.41, 5.74) is 6.38. The first kappa shape index (κ1) is 18.8. The summed E-state index contributed by atoms with van der Waals surface area (Å²) >= 11 is 0. The number of hydrogen-bond acceptors (Lipinski definition) is 5. The molecule has 0 radical (unpaired) electrons. The van der Waals surface area contributed by atoms with Crippen molar-refractivity contribution < 1.29 is 9.84 Å². The Morgan fingerprint density at radius 3 is 2.73 bits per heavy atom. The number of rotatable bonds is 4. The molecule has 3 aromatic heterocycles. The first-order chi connectivity index (χ1) is 14.5. The van der Waals surface area contributed by atoms with Crippen molar-refractivity contribution in [3.05, 3.63) is 54.1 Å². The van der Waals surface area contributed by atoms with Gasteiger partial charge in [0, 0.05) is 36.3 Å². The summed E-state index contributed by atoms with van der Waals surface area (Å²) < 4.78 is 9.69. The summed E-state index contributed by atoms with van der Waals surface area (Å²) in [7, 11) is 1.67. The van der Waals surface area contributed by atoms with Crippen LogP contribution >= 0.6 is 0 Å². The maximum atomic E-state index is 9.97. The van der Waals surface area contributed by atoms with Gasteiger partial charge in [0.05, 0.1) is 30.3 Å². The second-order valence-corrected chi connectivity index (χ2v) is 8.01. The molecular formula is C23H25N5O2. The second-order valence-electron chi connectivity index (χ2n) is 8.01. The zero-order valence-electron chi connectivity index (χ0n) is 17.4. The van der Waals surface area contributed by atoms with Crippen LogP contribution in [-0.4, -0.2) is 42.6 Å². The number of ether oxygens (including phenoxy) is 1. The van der Waals surface area contributed by atoms with Crippen molar-refractivity contribution in [3.8, 4) is 22.7 Å². The Labute approximate surface area is 175 Å². The van der Waals surface area contributed by atoms with Gasteiger partial charge >= 0.3 is 0 Å². The summed E-state index contributed by atoms with van der Waals surface area (Å²) in [6, 6.07) is 8.15. The lowest BCUT2D eigenvalue weighted by atomic mass is 10.1. The van der Waals surface area contributed by atoms with Gasteiger partial charge in [-0.25, -0.2) is 14.6 Å². The maximum absolute atomic E-state index is 9.97. The van der Waals surface area contributed by atoms with Gasteiger partial charge in [-0.2, -0.15) is 5.10 Å². The average Bonchev–Trinajstić information content (AvgIpc) is 3.48. The molecule has 0 amide bonds. The minimum atomic E-state index is -0.223. The number of aliphatic hydroxyl groups excluding tert-OH is 1. The molecule has 2 atom stereocenters. The van der Waals surface area contributed by atoms with Crippen LogP contribution in [-0.2, 0) is 0 Å². The molecule has 0 spiro atoms. The van der Waals surface area contributed by atoms with Crippen molar-refractivity contribution in [3.63, 3.8) is 0 Å². The average molecular weight is 403 g/mol. The summed E-state index contributed by atoms with van der Waals surface area (Å²) in [4.78, 5) is 9.94. The highest BCUT2D eigenvalue weighted by Crippen LogP contribution is 2.36. The van der Waals surface area contributed by atoms with E-state index in [-0.39, 0.29) is 12.1 Å². The van der Waals surface area contributed by atoms with E-state index in [2.05, 4.69) is 22.8 Å². The largest absolute Gasteiger partial charge is 0.496 e. The van der Waals surface area contributed by atoms with Gasteiger partial charge in [-0.1, -0.05) is 0 Å². The molecule has 3 heterocycles. The molecule has 7 nitrogen and oxygen atoms in total. The number of nitrogens with zero attached hydrogens (tertiary/aromatic N) is 5. The predicted molar refractivity (Wildman–Crippen MR) is 115 cm³/mol. The van der Waals surface area contributed by atoms with Crippen LogP contribution in [0.4, 0.5) is 0 Å². The SMILES string of the molecule is COc1cc(-n2cccn2)ccc1-c1nc2c(C)cn([C@H]3CC[C@@H](O)C3)c2nc1C. The Kier molecular flexibility index (Phi) is 4.55. The molecule has 0 unspecified atom stereocenters. The lowest BCUT2D eigenvalue weighted by Gasteiger charge is -2.15. The van der Waals surface area contributed by atoms with Gasteiger partial charge < -0.3 is 14.4 Å². The fourth-order valence-electron chi connectivity index (χ4n) is 4.44. The second kappa shape index (κ2) is 7.25. The van der Waals surface area contributed by atoms with E-state index < -0.39 is 0 Å². The van der Waals surface area contributed by atoms with Crippen molar-refractivity contribution in [1.29, 1.82) is 0 Å². The monoisotopic (exact) mass is 403 g/mol. The van der Waals surface area contributed by atoms with Crippen LogP contribution in [0.25, 0.3) is 28.1 Å². The van der Waals surface area contributed by atoms with Crippen LogP contribution in [0.2, 0.25) is 0 Å². The number of aryl methyl sites for hydroxylation is 2. The summed E-state index contributed by atoms with van der Waals surface area (Å²) in [6.07, 6.45) is 8.13. The normalized spacial score (nSPS) is 18.9. The fourth-order valence-corrected chi connectivity index (χ4v) is 4.44. The van der Waals surface area contributed by atoms with Gasteiger partial charge in [-0.3, -0.25) is 0 Å². The Hall–Kier alpha value is -3.19. The number of methoxy groups -OCH3 is 1. The molecule has 0 aliphatic heterocycles. The highest BCUT2D eigenvalue weighted by atomic mass is 16.5. The summed E-state index contributed by atoms with van der Waals surface area (Å²) in [5, 5.41) is 14.3. The minimum absolute atomic E-state index is 0.223. The van der Waals surface area contributed by atoms with Crippen LogP contribution in [0.3, 0.4) is 0 Å². The lowest BCUT2D eigenvalue weighted by Crippen LogP contribution is -2.07. The van der Waals surface area contributed by atoms with E-state index in [1.54, 1.807) is 18.0 Å². The third-order valence-corrected chi connectivity index (χ3v) is 5.98. The molecule has 7 heteroatoms. The van der Waals surface area contributed by atoms with Crippen LogP contribution in [0.1, 0.15) is 36.6 Å². The molecule has 1 aliphatic rings. The maximum Gasteiger partial charge on any atom is 0.159 e. The van der Waals surface area contributed by atoms with E-state index in [0.29, 0.717) is 0 Å². The third kappa shape index (κ3) is 3.06. The zero-order chi connectivity index (χ0) is 20.8. The number of aliphatic hydroxyl groups is 1. The van der Waals surface area contributed by atoms with E-state index >= 15 is 0 Å². The van der Waals surface area contributed by atoms with Crippen LogP contribution < -0.4 is 4.74 Å². The lowest BCUT2D eigenvalue weighted by molar-refractivity contribution is 0.178. The topological polar surface area (TPSA) is 78.0 Å². The van der Waals surface area contributed by atoms with Crippen molar-refractivity contribution in [2.45, 2.75) is 45.3 Å². The molecule has 1 aliphatic carbocycles. The van der Waals surface area contributed by atoms with Gasteiger partial charge in [-0.05, 0) is 56.9 Å². The van der Waals surface area contributed by atoms with Gasteiger partial charge in [0.15, 0.2) is 5.65 Å². The van der Waals surface area contributed by atoms with Gasteiger partial charge in [-0.15, -0.1) is 0 Å². The molecule has 30 heavy (non-hydrogen) atoms. The molecule has 1 aromatic carbocycles. The van der Waals surface area contributed by atoms with Gasteiger partial charge in [0.2, 0.25) is 0 Å². The van der Waals surface area contributed by atoms with Gasteiger partial charge in [0.1, 0.15) is 11.3 Å². The Balaban J connectivity index is 1.61. The zero-order valence-corrected chi connectivity index (χ0v) is 17.4. The standard InChI is InChI=1S/C23H25N5O2/c1-14-13-27(16-5-7-18(29)11-16)23-21(14)26-22(15(2)25-23)19-8-6-17(12-20(19)30-3)28-10-4-9-24-28/h4,6,8-10,12-13,16,18,29H,5,7,11H2,1-3H3/t16-,18+/m0/s1. The molecule has 1 N–H and O–H groups in total. The fraction of sp³-hybridized carbons (Fsp3) is 0.348. The van der Waals surface area contributed by atoms with E-state index in [9.17, 15) is 5.11 Å². The highest BCUT2D eigenvalue weighted by Gasteiger charge is 2.27. The van der Waals surface area contributed by atoms with Crippen LogP contribution in [0.5, 0.6) is 5.75 Å². The molecule has 0 bridgehead atoms. The van der Waals surface area contributed by atoms with Crippen LogP contribution in [0.15, 0.2) is 42.9 Å². The smallest absolute Gasteiger partial charge is 0.159 e. The molecule has 1 fully saturated rings. The van der Waals surface area contributed by atoms with E-state index in [1.165, 1.54) is 0 Å².